The van der Waals surface area contributed by atoms with Gasteiger partial charge in [-0.3, -0.25) is 4.98 Å². The largest absolute Gasteiger partial charge is 0.311 e. The summed E-state index contributed by atoms with van der Waals surface area (Å²) in [5.41, 5.74) is 13.4. The third-order valence-electron chi connectivity index (χ3n) is 9.08. The second-order valence-corrected chi connectivity index (χ2v) is 11.6. The molecule has 2 heteroatoms. The van der Waals surface area contributed by atoms with Gasteiger partial charge in [0.2, 0.25) is 0 Å². The molecule has 0 radical (unpaired) electrons. The van der Waals surface area contributed by atoms with Crippen molar-refractivity contribution in [3.05, 3.63) is 170 Å². The molecule has 45 heavy (non-hydrogen) atoms. The van der Waals surface area contributed by atoms with Gasteiger partial charge in [-0.2, -0.15) is 0 Å². The number of pyridine rings is 1. The Balaban J connectivity index is 1.12. The van der Waals surface area contributed by atoms with Gasteiger partial charge in [0.05, 0.1) is 0 Å². The number of benzene rings is 7. The molecule has 2 nitrogen and oxygen atoms in total. The molecular formula is C43H28N2. The van der Waals surface area contributed by atoms with E-state index in [4.69, 9.17) is 0 Å². The summed E-state index contributed by atoms with van der Waals surface area (Å²) in [4.78, 5) is 6.60. The number of hydrogen-bond donors (Lipinski definition) is 0. The van der Waals surface area contributed by atoms with Crippen LogP contribution in [0.25, 0.3) is 66.1 Å². The first-order valence-corrected chi connectivity index (χ1v) is 15.4. The second kappa shape index (κ2) is 10.3. The lowest BCUT2D eigenvalue weighted by Gasteiger charge is -2.26. The first kappa shape index (κ1) is 25.5. The second-order valence-electron chi connectivity index (χ2n) is 11.6. The predicted molar refractivity (Wildman–Crippen MR) is 189 cm³/mol. The van der Waals surface area contributed by atoms with Crippen LogP contribution in [0.3, 0.4) is 0 Å². The normalized spacial score (nSPS) is 11.6. The zero-order valence-electron chi connectivity index (χ0n) is 24.6. The molecule has 0 amide bonds. The number of para-hydroxylation sites is 1. The summed E-state index contributed by atoms with van der Waals surface area (Å²) in [7, 11) is 0. The third kappa shape index (κ3) is 4.22. The zero-order chi connectivity index (χ0) is 29.7. The number of nitrogens with zero attached hydrogens (tertiary/aromatic N) is 2. The fourth-order valence-corrected chi connectivity index (χ4v) is 6.94. The summed E-state index contributed by atoms with van der Waals surface area (Å²) in [6, 6.07) is 57.1. The smallest absolute Gasteiger partial charge is 0.0462 e. The van der Waals surface area contributed by atoms with E-state index in [2.05, 4.69) is 162 Å². The van der Waals surface area contributed by atoms with Crippen LogP contribution in [0.5, 0.6) is 0 Å². The van der Waals surface area contributed by atoms with E-state index in [0.29, 0.717) is 0 Å². The van der Waals surface area contributed by atoms with Crippen molar-refractivity contribution in [1.82, 2.24) is 4.98 Å². The predicted octanol–water partition coefficient (Wildman–Crippen LogP) is 11.8. The number of hydrogen-bond acceptors (Lipinski definition) is 2. The molecule has 0 saturated carbocycles. The van der Waals surface area contributed by atoms with Crippen molar-refractivity contribution in [3.8, 4) is 44.5 Å². The SMILES string of the molecule is c1ccc(N(c2ccc(-c3cccnc3)cc2)c2ccc(-c3ccc4c5c(cccc35)-c3cc5ccccc5cc3-4)cc2)cc1. The van der Waals surface area contributed by atoms with Gasteiger partial charge in [-0.1, -0.05) is 103 Å². The minimum absolute atomic E-state index is 1.11. The average molecular weight is 573 g/mol. The summed E-state index contributed by atoms with van der Waals surface area (Å²) >= 11 is 0. The van der Waals surface area contributed by atoms with Crippen LogP contribution in [0.15, 0.2) is 170 Å². The summed E-state index contributed by atoms with van der Waals surface area (Å²) in [6.07, 6.45) is 3.71. The highest BCUT2D eigenvalue weighted by Crippen LogP contribution is 2.50. The molecule has 0 bridgehead atoms. The molecule has 0 saturated heterocycles. The molecule has 1 heterocycles. The molecule has 7 aromatic carbocycles. The molecule has 210 valence electrons. The van der Waals surface area contributed by atoms with Crippen molar-refractivity contribution in [2.24, 2.45) is 0 Å². The topological polar surface area (TPSA) is 16.1 Å². The average Bonchev–Trinajstić information content (AvgIpc) is 3.43. The third-order valence-corrected chi connectivity index (χ3v) is 9.08. The van der Waals surface area contributed by atoms with Crippen molar-refractivity contribution >= 4 is 38.6 Å². The number of aromatic nitrogens is 1. The Kier molecular flexibility index (Phi) is 5.85. The molecule has 0 atom stereocenters. The van der Waals surface area contributed by atoms with E-state index in [1.54, 1.807) is 0 Å². The molecule has 1 aliphatic rings. The van der Waals surface area contributed by atoms with E-state index >= 15 is 0 Å². The lowest BCUT2D eigenvalue weighted by atomic mass is 9.94. The van der Waals surface area contributed by atoms with Gasteiger partial charge in [0.1, 0.15) is 0 Å². The van der Waals surface area contributed by atoms with Crippen molar-refractivity contribution < 1.29 is 0 Å². The van der Waals surface area contributed by atoms with Crippen molar-refractivity contribution in [3.63, 3.8) is 0 Å². The minimum Gasteiger partial charge on any atom is -0.311 e. The van der Waals surface area contributed by atoms with Crippen LogP contribution in [0.4, 0.5) is 17.1 Å². The first-order valence-electron chi connectivity index (χ1n) is 15.4. The Morgan fingerprint density at radius 1 is 0.378 bits per heavy atom. The van der Waals surface area contributed by atoms with Crippen molar-refractivity contribution in [2.45, 2.75) is 0 Å². The Labute approximate surface area is 262 Å². The summed E-state index contributed by atoms with van der Waals surface area (Å²) in [5.74, 6) is 0. The number of fused-ring (bicyclic) bond motifs is 4. The fraction of sp³-hybridized carbons (Fsp3) is 0. The maximum atomic E-state index is 4.29. The van der Waals surface area contributed by atoms with Crippen LogP contribution in [-0.2, 0) is 0 Å². The Morgan fingerprint density at radius 2 is 0.978 bits per heavy atom. The van der Waals surface area contributed by atoms with Crippen LogP contribution >= 0.6 is 0 Å². The van der Waals surface area contributed by atoms with Gasteiger partial charge in [0.15, 0.2) is 0 Å². The highest BCUT2D eigenvalue weighted by atomic mass is 15.1. The minimum atomic E-state index is 1.11. The molecule has 1 aromatic heterocycles. The fourth-order valence-electron chi connectivity index (χ4n) is 6.94. The summed E-state index contributed by atoms with van der Waals surface area (Å²) < 4.78 is 0. The molecule has 8 aromatic rings. The molecule has 0 unspecified atom stereocenters. The quantitative estimate of drug-likeness (QED) is 0.204. The highest BCUT2D eigenvalue weighted by Gasteiger charge is 2.23. The van der Waals surface area contributed by atoms with E-state index in [-0.39, 0.29) is 0 Å². The van der Waals surface area contributed by atoms with Crippen molar-refractivity contribution in [1.29, 1.82) is 0 Å². The Hall–Kier alpha value is -5.99. The molecular weight excluding hydrogens is 544 g/mol. The van der Waals surface area contributed by atoms with Gasteiger partial charge >= 0.3 is 0 Å². The van der Waals surface area contributed by atoms with Gasteiger partial charge in [0.25, 0.3) is 0 Å². The maximum absolute atomic E-state index is 4.29. The Bertz CT molecular complexity index is 2290. The summed E-state index contributed by atoms with van der Waals surface area (Å²) in [5, 5.41) is 5.21. The first-order chi connectivity index (χ1) is 22.3. The molecule has 0 N–H and O–H groups in total. The van der Waals surface area contributed by atoms with Crippen LogP contribution < -0.4 is 4.90 Å². The molecule has 0 fully saturated rings. The number of rotatable bonds is 5. The van der Waals surface area contributed by atoms with Crippen LogP contribution in [0.1, 0.15) is 0 Å². The Morgan fingerprint density at radius 3 is 1.64 bits per heavy atom. The van der Waals surface area contributed by atoms with Gasteiger partial charge < -0.3 is 4.90 Å². The van der Waals surface area contributed by atoms with E-state index in [0.717, 1.165) is 28.2 Å². The maximum Gasteiger partial charge on any atom is 0.0462 e. The standard InChI is InChI=1S/C43H28N2/c1-2-11-34(12-3-1)45(35-19-15-29(16-20-35)33-10-7-25-44-28-33)36-21-17-30(18-22-36)37-23-24-40-42-27-32-9-5-4-8-31(32)26-41(42)39-14-6-13-38(37)43(39)40/h1-28H. The van der Waals surface area contributed by atoms with E-state index in [9.17, 15) is 0 Å². The molecule has 1 aliphatic carbocycles. The van der Waals surface area contributed by atoms with E-state index in [1.165, 1.54) is 54.9 Å². The van der Waals surface area contributed by atoms with Gasteiger partial charge in [-0.15, -0.1) is 0 Å². The molecule has 0 spiro atoms. The van der Waals surface area contributed by atoms with Gasteiger partial charge in [-0.05, 0) is 121 Å². The zero-order valence-corrected chi connectivity index (χ0v) is 24.6. The lowest BCUT2D eigenvalue weighted by molar-refractivity contribution is 1.28. The number of anilines is 3. The van der Waals surface area contributed by atoms with Crippen LogP contribution in [0.2, 0.25) is 0 Å². The van der Waals surface area contributed by atoms with E-state index in [1.807, 2.05) is 18.5 Å². The molecule has 0 aliphatic heterocycles. The highest BCUT2D eigenvalue weighted by molar-refractivity contribution is 6.20. The lowest BCUT2D eigenvalue weighted by Crippen LogP contribution is -2.09. The summed E-state index contributed by atoms with van der Waals surface area (Å²) in [6.45, 7) is 0. The van der Waals surface area contributed by atoms with Crippen LogP contribution in [0, 0.1) is 0 Å². The monoisotopic (exact) mass is 572 g/mol. The van der Waals surface area contributed by atoms with Crippen molar-refractivity contribution in [2.75, 3.05) is 4.90 Å². The van der Waals surface area contributed by atoms with Gasteiger partial charge in [-0.25, -0.2) is 0 Å². The van der Waals surface area contributed by atoms with E-state index < -0.39 is 0 Å². The van der Waals surface area contributed by atoms with Gasteiger partial charge in [0, 0.05) is 29.5 Å². The van der Waals surface area contributed by atoms with Crippen LogP contribution in [-0.4, -0.2) is 4.98 Å². The molecule has 9 rings (SSSR count).